The van der Waals surface area contributed by atoms with E-state index in [1.165, 1.54) is 0 Å². The average molecular weight is 139 g/mol. The molecule has 4 heteroatoms. The van der Waals surface area contributed by atoms with Crippen LogP contribution in [0, 0.1) is 0 Å². The lowest BCUT2D eigenvalue weighted by Gasteiger charge is -1.92. The molecule has 48 valence electrons. The minimum Gasteiger partial charge on any atom is -0.112 e. The van der Waals surface area contributed by atoms with Crippen LogP contribution < -0.4 is 0 Å². The maximum Gasteiger partial charge on any atom is 0.746 e. The van der Waals surface area contributed by atoms with Crippen molar-refractivity contribution in [1.29, 1.82) is 0 Å². The van der Waals surface area contributed by atoms with Crippen molar-refractivity contribution in [2.75, 3.05) is 0 Å². The summed E-state index contributed by atoms with van der Waals surface area (Å²) in [6, 6.07) is 0. The van der Waals surface area contributed by atoms with Gasteiger partial charge < -0.3 is 0 Å². The zero-order valence-corrected chi connectivity index (χ0v) is 5.82. The van der Waals surface area contributed by atoms with Crippen LogP contribution in [-0.4, -0.2) is 6.10 Å². The summed E-state index contributed by atoms with van der Waals surface area (Å²) < 4.78 is 25.3. The van der Waals surface area contributed by atoms with Crippen LogP contribution in [0.1, 0.15) is 20.3 Å². The molecule has 0 heterocycles. The fourth-order valence-electron chi connectivity index (χ4n) is 0.216. The van der Waals surface area contributed by atoms with Gasteiger partial charge in [-0.15, -0.1) is 4.52 Å². The summed E-state index contributed by atoms with van der Waals surface area (Å²) in [7, 11) is -2.90. The van der Waals surface area contributed by atoms with E-state index in [0.717, 1.165) is 0 Å². The summed E-state index contributed by atoms with van der Waals surface area (Å²) in [5.41, 5.74) is 0. The van der Waals surface area contributed by atoms with E-state index in [4.69, 9.17) is 0 Å². The van der Waals surface area contributed by atoms with Crippen LogP contribution in [0.5, 0.6) is 0 Å². The van der Waals surface area contributed by atoms with Gasteiger partial charge in [0.2, 0.25) is 0 Å². The third-order valence-corrected chi connectivity index (χ3v) is 1.36. The minimum absolute atomic E-state index is 0.233. The Labute approximate surface area is 49.0 Å². The Hall–Kier alpha value is -0.0100. The van der Waals surface area contributed by atoms with Crippen LogP contribution in [0.15, 0.2) is 0 Å². The lowest BCUT2D eigenvalue weighted by atomic mass is 10.3. The van der Waals surface area contributed by atoms with Gasteiger partial charge in [0, 0.05) is 4.57 Å². The molecule has 0 aromatic carbocycles. The van der Waals surface area contributed by atoms with Crippen LogP contribution in [0.4, 0.5) is 4.20 Å². The minimum atomic E-state index is -2.90. The maximum absolute atomic E-state index is 11.4. The average Bonchev–Trinajstić information content (AvgIpc) is 1.65. The maximum atomic E-state index is 11.4. The molecular weight excluding hydrogens is 130 g/mol. The smallest absolute Gasteiger partial charge is 0.112 e. The SMILES string of the molecule is CCC(C)O[P+](=O)F. The molecule has 2 nitrogen and oxygen atoms in total. The number of rotatable bonds is 3. The molecule has 0 amide bonds. The highest BCUT2D eigenvalue weighted by atomic mass is 31.2. The summed E-state index contributed by atoms with van der Waals surface area (Å²) >= 11 is 0. The fraction of sp³-hybridized carbons (Fsp3) is 1.00. The normalized spacial score (nSPS) is 15.6. The molecule has 0 N–H and O–H groups in total. The Kier molecular flexibility index (Phi) is 3.92. The standard InChI is InChI=1S/C4H9FO2P/c1-3-4(2)7-8(5)6/h4H,3H2,1-2H3/q+1. The number of hydrogen-bond donors (Lipinski definition) is 0. The van der Waals surface area contributed by atoms with Crippen LogP contribution >= 0.6 is 8.34 Å². The van der Waals surface area contributed by atoms with E-state index < -0.39 is 8.34 Å². The Bertz CT molecular complexity index is 86.1. The second kappa shape index (κ2) is 3.93. The van der Waals surface area contributed by atoms with Crippen molar-refractivity contribution in [2.24, 2.45) is 0 Å². The first-order valence-corrected chi connectivity index (χ1v) is 3.53. The zero-order chi connectivity index (χ0) is 6.57. The van der Waals surface area contributed by atoms with E-state index in [1.807, 2.05) is 6.92 Å². The highest BCUT2D eigenvalue weighted by molar-refractivity contribution is 7.32. The van der Waals surface area contributed by atoms with Crippen LogP contribution in [0.25, 0.3) is 0 Å². The van der Waals surface area contributed by atoms with E-state index in [2.05, 4.69) is 4.52 Å². The second-order valence-corrected chi connectivity index (χ2v) is 2.17. The Morgan fingerprint density at radius 3 is 2.50 bits per heavy atom. The number of halogens is 1. The van der Waals surface area contributed by atoms with Crippen molar-refractivity contribution in [3.8, 4) is 0 Å². The molecule has 0 aliphatic rings. The molecule has 2 atom stereocenters. The molecule has 2 unspecified atom stereocenters. The second-order valence-electron chi connectivity index (χ2n) is 1.54. The fourth-order valence-corrected chi connectivity index (χ4v) is 0.648. The van der Waals surface area contributed by atoms with Gasteiger partial charge in [0.05, 0.1) is 4.20 Å². The van der Waals surface area contributed by atoms with Gasteiger partial charge in [0.1, 0.15) is 6.10 Å². The van der Waals surface area contributed by atoms with Crippen molar-refractivity contribution < 1.29 is 13.3 Å². The Morgan fingerprint density at radius 1 is 1.88 bits per heavy atom. The number of hydrogen-bond acceptors (Lipinski definition) is 2. The van der Waals surface area contributed by atoms with Crippen LogP contribution in [0.3, 0.4) is 0 Å². The lowest BCUT2D eigenvalue weighted by Crippen LogP contribution is -1.98. The summed E-state index contributed by atoms with van der Waals surface area (Å²) in [4.78, 5) is 0. The Balaban J connectivity index is 3.24. The quantitative estimate of drug-likeness (QED) is 0.561. The Morgan fingerprint density at radius 2 is 2.38 bits per heavy atom. The van der Waals surface area contributed by atoms with Crippen molar-refractivity contribution in [3.63, 3.8) is 0 Å². The third kappa shape index (κ3) is 4.16. The topological polar surface area (TPSA) is 26.3 Å². The van der Waals surface area contributed by atoms with E-state index in [-0.39, 0.29) is 6.10 Å². The van der Waals surface area contributed by atoms with E-state index in [1.54, 1.807) is 6.92 Å². The van der Waals surface area contributed by atoms with Gasteiger partial charge in [-0.25, -0.2) is 0 Å². The third-order valence-electron chi connectivity index (χ3n) is 0.838. The van der Waals surface area contributed by atoms with E-state index in [0.29, 0.717) is 6.42 Å². The molecule has 0 rings (SSSR count). The highest BCUT2D eigenvalue weighted by Crippen LogP contribution is 2.25. The van der Waals surface area contributed by atoms with Crippen LogP contribution in [-0.2, 0) is 9.09 Å². The first kappa shape index (κ1) is 7.99. The van der Waals surface area contributed by atoms with Crippen molar-refractivity contribution in [2.45, 2.75) is 26.4 Å². The first-order chi connectivity index (χ1) is 3.66. The van der Waals surface area contributed by atoms with Gasteiger partial charge >= 0.3 is 8.34 Å². The molecule has 0 saturated carbocycles. The summed E-state index contributed by atoms with van der Waals surface area (Å²) in [5, 5.41) is 0. The summed E-state index contributed by atoms with van der Waals surface area (Å²) in [5.74, 6) is 0. The van der Waals surface area contributed by atoms with E-state index in [9.17, 15) is 8.76 Å². The molecule has 0 radical (unpaired) electrons. The molecular formula is C4H9FO2P+. The molecule has 0 aliphatic heterocycles. The predicted molar refractivity (Wildman–Crippen MR) is 29.6 cm³/mol. The van der Waals surface area contributed by atoms with Gasteiger partial charge in [-0.2, -0.15) is 0 Å². The van der Waals surface area contributed by atoms with Crippen LogP contribution in [0.2, 0.25) is 0 Å². The monoisotopic (exact) mass is 139 g/mol. The highest BCUT2D eigenvalue weighted by Gasteiger charge is 2.19. The van der Waals surface area contributed by atoms with Gasteiger partial charge in [-0.1, -0.05) is 6.92 Å². The molecule has 8 heavy (non-hydrogen) atoms. The zero-order valence-electron chi connectivity index (χ0n) is 4.93. The molecule has 0 aromatic rings. The first-order valence-electron chi connectivity index (χ1n) is 2.46. The van der Waals surface area contributed by atoms with E-state index >= 15 is 0 Å². The molecule has 0 spiro atoms. The summed E-state index contributed by atoms with van der Waals surface area (Å²) in [6.45, 7) is 3.51. The van der Waals surface area contributed by atoms with Crippen molar-refractivity contribution >= 4 is 8.34 Å². The van der Waals surface area contributed by atoms with Gasteiger partial charge in [-0.05, 0) is 13.3 Å². The molecule has 0 aliphatic carbocycles. The van der Waals surface area contributed by atoms with Gasteiger partial charge in [0.15, 0.2) is 0 Å². The van der Waals surface area contributed by atoms with Crippen molar-refractivity contribution in [1.82, 2.24) is 0 Å². The molecule has 0 saturated heterocycles. The molecule has 0 aromatic heterocycles. The van der Waals surface area contributed by atoms with Gasteiger partial charge in [0.25, 0.3) is 0 Å². The largest absolute Gasteiger partial charge is 0.746 e. The van der Waals surface area contributed by atoms with Gasteiger partial charge in [-0.3, -0.25) is 0 Å². The molecule has 0 fully saturated rings. The van der Waals surface area contributed by atoms with Crippen molar-refractivity contribution in [3.05, 3.63) is 0 Å². The molecule has 0 bridgehead atoms. The summed E-state index contributed by atoms with van der Waals surface area (Å²) in [6.07, 6.45) is 0.453. The lowest BCUT2D eigenvalue weighted by molar-refractivity contribution is 0.216. The predicted octanol–water partition coefficient (Wildman–Crippen LogP) is 2.43.